The first-order valence-corrected chi connectivity index (χ1v) is 11.7. The number of pyridine rings is 1. The Labute approximate surface area is 188 Å². The van der Waals surface area contributed by atoms with Gasteiger partial charge < -0.3 is 4.74 Å². The molecule has 4 rings (SSSR count). The van der Waals surface area contributed by atoms with E-state index >= 15 is 0 Å². The number of fused-ring (bicyclic) bond motifs is 1. The molecule has 0 saturated carbocycles. The molecule has 0 bridgehead atoms. The summed E-state index contributed by atoms with van der Waals surface area (Å²) in [5.74, 6) is 1.14. The van der Waals surface area contributed by atoms with Crippen LogP contribution in [0.1, 0.15) is 27.9 Å². The van der Waals surface area contributed by atoms with Crippen LogP contribution in [0.2, 0.25) is 0 Å². The zero-order valence-electron chi connectivity index (χ0n) is 19.0. The molecule has 0 amide bonds. The molecule has 4 aromatic rings. The topological polar surface area (TPSA) is 86.1 Å². The Kier molecular flexibility index (Phi) is 5.42. The van der Waals surface area contributed by atoms with E-state index in [2.05, 4.69) is 9.82 Å². The van der Waals surface area contributed by atoms with Crippen LogP contribution in [0.25, 0.3) is 16.7 Å². The minimum atomic E-state index is -3.94. The van der Waals surface area contributed by atoms with Crippen molar-refractivity contribution in [3.05, 3.63) is 70.4 Å². The van der Waals surface area contributed by atoms with Crippen molar-refractivity contribution in [3.63, 3.8) is 0 Å². The summed E-state index contributed by atoms with van der Waals surface area (Å²) in [6.07, 6.45) is 0. The number of hydrogen-bond acceptors (Lipinski definition) is 5. The minimum absolute atomic E-state index is 0.0759. The molecule has 2 aromatic carbocycles. The van der Waals surface area contributed by atoms with Gasteiger partial charge >= 0.3 is 0 Å². The zero-order valence-corrected chi connectivity index (χ0v) is 19.8. The molecule has 8 heteroatoms. The molecule has 2 heterocycles. The van der Waals surface area contributed by atoms with Crippen molar-refractivity contribution in [2.75, 3.05) is 11.8 Å². The first kappa shape index (κ1) is 21.8. The van der Waals surface area contributed by atoms with Crippen molar-refractivity contribution in [1.82, 2.24) is 14.8 Å². The van der Waals surface area contributed by atoms with Crippen LogP contribution >= 0.6 is 0 Å². The maximum Gasteiger partial charge on any atom is 0.266 e. The summed E-state index contributed by atoms with van der Waals surface area (Å²) < 4.78 is 36.2. The average Bonchev–Trinajstić information content (AvgIpc) is 3.09. The number of hydrogen-bond donors (Lipinski definition) is 1. The van der Waals surface area contributed by atoms with E-state index in [0.717, 1.165) is 33.2 Å². The van der Waals surface area contributed by atoms with Crippen LogP contribution in [-0.4, -0.2) is 30.3 Å². The fraction of sp³-hybridized carbons (Fsp3) is 0.250. The van der Waals surface area contributed by atoms with Crippen molar-refractivity contribution >= 4 is 26.7 Å². The number of anilines is 1. The van der Waals surface area contributed by atoms with Gasteiger partial charge in [-0.15, -0.1) is 0 Å². The molecule has 32 heavy (non-hydrogen) atoms. The van der Waals surface area contributed by atoms with Crippen molar-refractivity contribution in [2.45, 2.75) is 39.5 Å². The fourth-order valence-electron chi connectivity index (χ4n) is 3.72. The summed E-state index contributed by atoms with van der Waals surface area (Å²) in [5, 5.41) is 5.56. The van der Waals surface area contributed by atoms with E-state index in [1.54, 1.807) is 18.2 Å². The third-order valence-electron chi connectivity index (χ3n) is 5.59. The van der Waals surface area contributed by atoms with Crippen LogP contribution in [0.3, 0.4) is 0 Å². The monoisotopic (exact) mass is 450 g/mol. The molecule has 0 fully saturated rings. The number of nitrogens with zero attached hydrogens (tertiary/aromatic N) is 3. The molecule has 0 aliphatic carbocycles. The highest BCUT2D eigenvalue weighted by atomic mass is 32.2. The van der Waals surface area contributed by atoms with Crippen LogP contribution < -0.4 is 9.46 Å². The zero-order chi connectivity index (χ0) is 23.2. The van der Waals surface area contributed by atoms with Crippen molar-refractivity contribution in [1.29, 1.82) is 0 Å². The second-order valence-electron chi connectivity index (χ2n) is 8.04. The maximum absolute atomic E-state index is 13.3. The quantitative estimate of drug-likeness (QED) is 0.473. The highest BCUT2D eigenvalue weighted by Crippen LogP contribution is 2.30. The molecular formula is C24H26N4O3S. The van der Waals surface area contributed by atoms with E-state index in [1.165, 1.54) is 11.8 Å². The van der Waals surface area contributed by atoms with Gasteiger partial charge in [0.15, 0.2) is 5.82 Å². The Morgan fingerprint density at radius 1 is 0.906 bits per heavy atom. The Balaban J connectivity index is 1.83. The van der Waals surface area contributed by atoms with Crippen LogP contribution in [0.5, 0.6) is 5.75 Å². The smallest absolute Gasteiger partial charge is 0.266 e. The standard InChI is InChI=1S/C24H26N4O3S/c1-14-8-7-9-19-17(4)12-22(25-24(14)19)28-23(13-18(5)26-28)27-32(29,30)21-11-16(3)15(2)10-20(21)31-6/h7-13,27H,1-6H3. The molecule has 166 valence electrons. The van der Waals surface area contributed by atoms with E-state index in [4.69, 9.17) is 9.72 Å². The maximum atomic E-state index is 13.3. The van der Waals surface area contributed by atoms with Crippen LogP contribution in [0.15, 0.2) is 47.4 Å². The fourth-order valence-corrected chi connectivity index (χ4v) is 4.99. The van der Waals surface area contributed by atoms with Gasteiger partial charge in [-0.05, 0) is 75.1 Å². The summed E-state index contributed by atoms with van der Waals surface area (Å²) in [5.41, 5.74) is 5.41. The molecule has 2 aromatic heterocycles. The van der Waals surface area contributed by atoms with Crippen LogP contribution in [0, 0.1) is 34.6 Å². The van der Waals surface area contributed by atoms with Gasteiger partial charge in [0.1, 0.15) is 16.5 Å². The van der Waals surface area contributed by atoms with Gasteiger partial charge in [-0.25, -0.2) is 13.4 Å². The second kappa shape index (κ2) is 7.94. The molecule has 0 radical (unpaired) electrons. The van der Waals surface area contributed by atoms with Gasteiger partial charge in [0.05, 0.1) is 18.3 Å². The average molecular weight is 451 g/mol. The summed E-state index contributed by atoms with van der Waals surface area (Å²) in [7, 11) is -2.48. The molecule has 0 aliphatic rings. The second-order valence-corrected chi connectivity index (χ2v) is 9.69. The van der Waals surface area contributed by atoms with Crippen molar-refractivity contribution in [3.8, 4) is 11.6 Å². The summed E-state index contributed by atoms with van der Waals surface area (Å²) >= 11 is 0. The summed E-state index contributed by atoms with van der Waals surface area (Å²) in [6.45, 7) is 9.60. The lowest BCUT2D eigenvalue weighted by molar-refractivity contribution is 0.402. The number of ether oxygens (including phenoxy) is 1. The Morgan fingerprint density at radius 2 is 1.62 bits per heavy atom. The Bertz CT molecular complexity index is 1460. The highest BCUT2D eigenvalue weighted by molar-refractivity contribution is 7.92. The summed E-state index contributed by atoms with van der Waals surface area (Å²) in [4.78, 5) is 4.86. The number of aryl methyl sites for hydroxylation is 5. The Hall–Kier alpha value is -3.39. The van der Waals surface area contributed by atoms with Gasteiger partial charge in [-0.1, -0.05) is 18.2 Å². The molecule has 0 saturated heterocycles. The lowest BCUT2D eigenvalue weighted by atomic mass is 10.1. The van der Waals surface area contributed by atoms with Gasteiger partial charge in [0, 0.05) is 11.5 Å². The van der Waals surface area contributed by atoms with Crippen molar-refractivity contribution < 1.29 is 13.2 Å². The molecule has 0 aliphatic heterocycles. The molecule has 0 spiro atoms. The van der Waals surface area contributed by atoms with Crippen molar-refractivity contribution in [2.24, 2.45) is 0 Å². The van der Waals surface area contributed by atoms with E-state index in [1.807, 2.05) is 58.9 Å². The van der Waals surface area contributed by atoms with Gasteiger partial charge in [-0.3, -0.25) is 4.72 Å². The highest BCUT2D eigenvalue weighted by Gasteiger charge is 2.23. The van der Waals surface area contributed by atoms with Gasteiger partial charge in [0.2, 0.25) is 0 Å². The third-order valence-corrected chi connectivity index (χ3v) is 6.97. The van der Waals surface area contributed by atoms with E-state index in [0.29, 0.717) is 23.1 Å². The lowest BCUT2D eigenvalue weighted by Crippen LogP contribution is -2.17. The number of sulfonamides is 1. The number of aromatic nitrogens is 3. The van der Waals surface area contributed by atoms with Gasteiger partial charge in [-0.2, -0.15) is 9.78 Å². The van der Waals surface area contributed by atoms with E-state index in [-0.39, 0.29) is 4.90 Å². The number of rotatable bonds is 5. The Morgan fingerprint density at radius 3 is 2.34 bits per heavy atom. The number of nitrogens with one attached hydrogen (secondary N) is 1. The molecular weight excluding hydrogens is 424 g/mol. The minimum Gasteiger partial charge on any atom is -0.495 e. The van der Waals surface area contributed by atoms with E-state index < -0.39 is 10.0 Å². The predicted molar refractivity (Wildman–Crippen MR) is 126 cm³/mol. The molecule has 1 N–H and O–H groups in total. The number of methoxy groups -OCH3 is 1. The molecule has 7 nitrogen and oxygen atoms in total. The number of para-hydroxylation sites is 1. The van der Waals surface area contributed by atoms with Gasteiger partial charge in [0.25, 0.3) is 10.0 Å². The first-order valence-electron chi connectivity index (χ1n) is 10.2. The lowest BCUT2D eigenvalue weighted by Gasteiger charge is -2.15. The predicted octanol–water partition coefficient (Wildman–Crippen LogP) is 4.77. The molecule has 0 atom stereocenters. The van der Waals surface area contributed by atoms with Crippen LogP contribution in [0.4, 0.5) is 5.82 Å². The normalized spacial score (nSPS) is 11.7. The van der Waals surface area contributed by atoms with Crippen LogP contribution in [-0.2, 0) is 10.0 Å². The van der Waals surface area contributed by atoms with E-state index in [9.17, 15) is 8.42 Å². The largest absolute Gasteiger partial charge is 0.495 e. The summed E-state index contributed by atoms with van der Waals surface area (Å²) in [6, 6.07) is 13.0. The first-order chi connectivity index (χ1) is 15.1. The third kappa shape index (κ3) is 3.82. The SMILES string of the molecule is COc1cc(C)c(C)cc1S(=O)(=O)Nc1cc(C)nn1-c1cc(C)c2cccc(C)c2n1. The molecule has 0 unspecified atom stereocenters. The number of benzene rings is 2.